The van der Waals surface area contributed by atoms with Gasteiger partial charge in [0.05, 0.1) is 11.3 Å². The van der Waals surface area contributed by atoms with Crippen LogP contribution < -0.4 is 11.1 Å². The minimum Gasteiger partial charge on any atom is -0.397 e. The van der Waals surface area contributed by atoms with Crippen LogP contribution in [0.15, 0.2) is 40.9 Å². The lowest BCUT2D eigenvalue weighted by Crippen LogP contribution is -2.15. The molecule has 0 saturated carbocycles. The van der Waals surface area contributed by atoms with E-state index in [1.165, 1.54) is 18.2 Å². The van der Waals surface area contributed by atoms with Gasteiger partial charge in [-0.2, -0.15) is 0 Å². The number of carbonyl (C=O) groups is 1. The summed E-state index contributed by atoms with van der Waals surface area (Å²) in [4.78, 5) is 12.1. The number of halogens is 3. The van der Waals surface area contributed by atoms with Crippen molar-refractivity contribution < 1.29 is 9.18 Å². The van der Waals surface area contributed by atoms with Gasteiger partial charge < -0.3 is 11.1 Å². The number of anilines is 2. The van der Waals surface area contributed by atoms with Gasteiger partial charge in [0.15, 0.2) is 0 Å². The molecule has 2 rings (SSSR count). The Hall–Kier alpha value is -1.15. The van der Waals surface area contributed by atoms with E-state index in [1.807, 2.05) is 28.7 Å². The molecule has 3 N–H and O–H groups in total. The van der Waals surface area contributed by atoms with Crippen LogP contribution in [0, 0.1) is 9.39 Å². The van der Waals surface area contributed by atoms with E-state index in [0.29, 0.717) is 5.56 Å². The molecular weight excluding hydrogens is 426 g/mol. The molecule has 0 aliphatic carbocycles. The van der Waals surface area contributed by atoms with Crippen LogP contribution in [-0.2, 0) is 0 Å². The molecule has 0 radical (unpaired) electrons. The van der Waals surface area contributed by atoms with Crippen LogP contribution in [0.5, 0.6) is 0 Å². The third-order valence-corrected chi connectivity index (χ3v) is 3.89. The minimum atomic E-state index is -0.557. The fourth-order valence-electron chi connectivity index (χ4n) is 1.53. The van der Waals surface area contributed by atoms with E-state index in [0.717, 1.165) is 8.04 Å². The molecule has 2 aromatic rings. The highest BCUT2D eigenvalue weighted by Gasteiger charge is 2.14. The number of carbonyl (C=O) groups excluding carboxylic acids is 1. The zero-order valence-corrected chi connectivity index (χ0v) is 13.3. The fourth-order valence-corrected chi connectivity index (χ4v) is 2.47. The van der Waals surface area contributed by atoms with Gasteiger partial charge in [-0.1, -0.05) is 22.0 Å². The summed E-state index contributed by atoms with van der Waals surface area (Å²) in [5.41, 5.74) is 6.30. The van der Waals surface area contributed by atoms with Crippen molar-refractivity contribution in [3.63, 3.8) is 0 Å². The molecule has 19 heavy (non-hydrogen) atoms. The number of hydrogen-bond donors (Lipinski definition) is 2. The molecule has 1 amide bonds. The molecule has 0 fully saturated rings. The van der Waals surface area contributed by atoms with E-state index in [1.54, 1.807) is 12.1 Å². The van der Waals surface area contributed by atoms with Gasteiger partial charge in [0.25, 0.3) is 5.91 Å². The van der Waals surface area contributed by atoms with Gasteiger partial charge in [0.1, 0.15) is 11.5 Å². The molecule has 0 bridgehead atoms. The van der Waals surface area contributed by atoms with Crippen LogP contribution in [0.3, 0.4) is 0 Å². The van der Waals surface area contributed by atoms with E-state index in [2.05, 4.69) is 21.2 Å². The summed E-state index contributed by atoms with van der Waals surface area (Å²) in [6, 6.07) is 9.57. The molecule has 0 aromatic heterocycles. The van der Waals surface area contributed by atoms with Gasteiger partial charge in [-0.05, 0) is 52.9 Å². The summed E-state index contributed by atoms with van der Waals surface area (Å²) in [5, 5.41) is 2.50. The van der Waals surface area contributed by atoms with Gasteiger partial charge in [0, 0.05) is 8.04 Å². The highest BCUT2D eigenvalue weighted by atomic mass is 127. The van der Waals surface area contributed by atoms with Crippen LogP contribution >= 0.6 is 38.5 Å². The molecule has 0 unspecified atom stereocenters. The number of nitrogens with two attached hydrogens (primary N) is 1. The third-order valence-electron chi connectivity index (χ3n) is 2.46. The van der Waals surface area contributed by atoms with Crippen LogP contribution in [0.2, 0.25) is 0 Å². The highest BCUT2D eigenvalue weighted by Crippen LogP contribution is 2.24. The third kappa shape index (κ3) is 3.24. The van der Waals surface area contributed by atoms with Crippen molar-refractivity contribution in [2.45, 2.75) is 0 Å². The summed E-state index contributed by atoms with van der Waals surface area (Å²) < 4.78 is 15.1. The molecule has 0 spiro atoms. The number of hydrogen-bond acceptors (Lipinski definition) is 2. The molecule has 0 saturated heterocycles. The molecular formula is C13H9BrFIN2O. The largest absolute Gasteiger partial charge is 0.397 e. The van der Waals surface area contributed by atoms with E-state index in [4.69, 9.17) is 5.73 Å². The lowest BCUT2D eigenvalue weighted by molar-refractivity contribution is 0.102. The molecule has 2 aromatic carbocycles. The Kier molecular flexibility index (Phi) is 4.41. The van der Waals surface area contributed by atoms with Crippen molar-refractivity contribution in [1.82, 2.24) is 0 Å². The van der Waals surface area contributed by atoms with Crippen molar-refractivity contribution in [3.8, 4) is 0 Å². The Bertz CT molecular complexity index is 628. The molecule has 0 aliphatic heterocycles. The second-order valence-electron chi connectivity index (χ2n) is 3.78. The van der Waals surface area contributed by atoms with Gasteiger partial charge in [-0.25, -0.2) is 4.39 Å². The quantitative estimate of drug-likeness (QED) is 0.553. The topological polar surface area (TPSA) is 55.1 Å². The Morgan fingerprint density at radius 1 is 1.32 bits per heavy atom. The van der Waals surface area contributed by atoms with Crippen molar-refractivity contribution >= 4 is 55.8 Å². The second kappa shape index (κ2) is 5.87. The molecule has 3 nitrogen and oxygen atoms in total. The first kappa shape index (κ1) is 14.3. The van der Waals surface area contributed by atoms with Crippen molar-refractivity contribution in [2.75, 3.05) is 11.1 Å². The lowest BCUT2D eigenvalue weighted by atomic mass is 10.2. The predicted octanol–water partition coefficient (Wildman–Crippen LogP) is 4.03. The molecule has 0 heterocycles. The minimum absolute atomic E-state index is 0.00303. The van der Waals surface area contributed by atoms with Crippen LogP contribution in [0.1, 0.15) is 10.4 Å². The SMILES string of the molecule is Nc1cccc(F)c1NC(=O)c1cc(Br)ccc1I. The monoisotopic (exact) mass is 434 g/mol. The summed E-state index contributed by atoms with van der Waals surface area (Å²) in [5.74, 6) is -0.958. The first-order valence-electron chi connectivity index (χ1n) is 5.29. The maximum atomic E-state index is 13.6. The summed E-state index contributed by atoms with van der Waals surface area (Å²) in [7, 11) is 0. The van der Waals surface area contributed by atoms with Gasteiger partial charge in [0.2, 0.25) is 0 Å². The van der Waals surface area contributed by atoms with Crippen molar-refractivity contribution in [3.05, 3.63) is 55.8 Å². The predicted molar refractivity (Wildman–Crippen MR) is 85.6 cm³/mol. The summed E-state index contributed by atoms with van der Waals surface area (Å²) in [6.07, 6.45) is 0. The molecule has 6 heteroatoms. The second-order valence-corrected chi connectivity index (χ2v) is 5.86. The highest BCUT2D eigenvalue weighted by molar-refractivity contribution is 14.1. The standard InChI is InChI=1S/C13H9BrFIN2O/c14-7-4-5-10(16)8(6-7)13(19)18-12-9(15)2-1-3-11(12)17/h1-6H,17H2,(H,18,19). The molecule has 98 valence electrons. The molecule has 0 atom stereocenters. The Morgan fingerprint density at radius 3 is 2.74 bits per heavy atom. The maximum Gasteiger partial charge on any atom is 0.256 e. The van der Waals surface area contributed by atoms with Gasteiger partial charge in [-0.3, -0.25) is 4.79 Å². The zero-order chi connectivity index (χ0) is 14.0. The Balaban J connectivity index is 2.34. The zero-order valence-electron chi connectivity index (χ0n) is 9.58. The van der Waals surface area contributed by atoms with Crippen LogP contribution in [0.4, 0.5) is 15.8 Å². The summed E-state index contributed by atoms with van der Waals surface area (Å²) in [6.45, 7) is 0. The number of nitrogen functional groups attached to an aromatic ring is 1. The number of para-hydroxylation sites is 1. The van der Waals surface area contributed by atoms with E-state index in [9.17, 15) is 9.18 Å². The average Bonchev–Trinajstić information content (AvgIpc) is 2.37. The summed E-state index contributed by atoms with van der Waals surface area (Å²) >= 11 is 5.34. The normalized spacial score (nSPS) is 10.3. The van der Waals surface area contributed by atoms with E-state index >= 15 is 0 Å². The van der Waals surface area contributed by atoms with Crippen LogP contribution in [-0.4, -0.2) is 5.91 Å². The van der Waals surface area contributed by atoms with E-state index < -0.39 is 11.7 Å². The number of amides is 1. The Morgan fingerprint density at radius 2 is 2.05 bits per heavy atom. The first-order valence-corrected chi connectivity index (χ1v) is 7.16. The van der Waals surface area contributed by atoms with Crippen LogP contribution in [0.25, 0.3) is 0 Å². The maximum absolute atomic E-state index is 13.6. The lowest BCUT2D eigenvalue weighted by Gasteiger charge is -2.10. The number of nitrogens with one attached hydrogen (secondary N) is 1. The number of benzene rings is 2. The number of rotatable bonds is 2. The Labute approximate surface area is 131 Å². The smallest absolute Gasteiger partial charge is 0.256 e. The van der Waals surface area contributed by atoms with E-state index in [-0.39, 0.29) is 11.4 Å². The van der Waals surface area contributed by atoms with Gasteiger partial charge >= 0.3 is 0 Å². The van der Waals surface area contributed by atoms with Crippen molar-refractivity contribution in [2.24, 2.45) is 0 Å². The average molecular weight is 435 g/mol. The molecule has 0 aliphatic rings. The fraction of sp³-hybridized carbons (Fsp3) is 0. The first-order chi connectivity index (χ1) is 8.99. The van der Waals surface area contributed by atoms with Crippen molar-refractivity contribution in [1.29, 1.82) is 0 Å². The van der Waals surface area contributed by atoms with Gasteiger partial charge in [-0.15, -0.1) is 0 Å².